The number of nitrogens with two attached hydrogens (primary N) is 1. The topological polar surface area (TPSA) is 35.2 Å². The Labute approximate surface area is 77.3 Å². The summed E-state index contributed by atoms with van der Waals surface area (Å²) in [5, 5.41) is 0.647. The van der Waals surface area contributed by atoms with Crippen molar-refractivity contribution in [2.24, 2.45) is 0 Å². The van der Waals surface area contributed by atoms with Crippen LogP contribution >= 0.6 is 11.6 Å². The van der Waals surface area contributed by atoms with Gasteiger partial charge in [-0.2, -0.15) is 0 Å². The van der Waals surface area contributed by atoms with Crippen LogP contribution in [0.25, 0.3) is 0 Å². The number of benzene rings is 1. The average Bonchev–Trinajstić information content (AvgIpc) is 1.96. The Kier molecular flexibility index (Phi) is 2.82. The Hall–Kier alpha value is -0.890. The molecule has 0 fully saturated rings. The maximum absolute atomic E-state index is 5.79. The molecule has 2 nitrogen and oxygen atoms in total. The standard InChI is InChI=1S/C9H12ClNO/c1-3-12-9-6(2)4-7(10)5-8(9)11/h4-5H,3,11H2,1-2H3. The monoisotopic (exact) mass is 185 g/mol. The largest absolute Gasteiger partial charge is 0.491 e. The average molecular weight is 186 g/mol. The SMILES string of the molecule is CCOc1c(C)cc(Cl)cc1N. The molecule has 0 saturated carbocycles. The van der Waals surface area contributed by atoms with Crippen LogP contribution in [-0.4, -0.2) is 6.61 Å². The highest BCUT2D eigenvalue weighted by Gasteiger charge is 2.04. The van der Waals surface area contributed by atoms with Gasteiger partial charge in [-0.15, -0.1) is 0 Å². The first-order valence-corrected chi connectivity index (χ1v) is 4.21. The minimum absolute atomic E-state index is 0.599. The number of anilines is 1. The Morgan fingerprint density at radius 2 is 2.17 bits per heavy atom. The summed E-state index contributed by atoms with van der Waals surface area (Å²) in [5.41, 5.74) is 7.27. The van der Waals surface area contributed by atoms with Crippen LogP contribution in [0.4, 0.5) is 5.69 Å². The minimum Gasteiger partial charge on any atom is -0.491 e. The summed E-state index contributed by atoms with van der Waals surface area (Å²) in [6.45, 7) is 4.47. The van der Waals surface area contributed by atoms with Gasteiger partial charge in [-0.3, -0.25) is 0 Å². The van der Waals surface area contributed by atoms with Gasteiger partial charge in [-0.25, -0.2) is 0 Å². The first kappa shape index (κ1) is 9.20. The molecule has 0 aromatic heterocycles. The zero-order valence-corrected chi connectivity index (χ0v) is 7.98. The molecule has 0 aliphatic heterocycles. The van der Waals surface area contributed by atoms with E-state index >= 15 is 0 Å². The second-order valence-electron chi connectivity index (χ2n) is 2.57. The van der Waals surface area contributed by atoms with Gasteiger partial charge in [0.05, 0.1) is 12.3 Å². The Balaban J connectivity index is 3.10. The van der Waals surface area contributed by atoms with Gasteiger partial charge in [0.2, 0.25) is 0 Å². The van der Waals surface area contributed by atoms with E-state index in [2.05, 4.69) is 0 Å². The smallest absolute Gasteiger partial charge is 0.145 e. The number of aryl methyl sites for hydroxylation is 1. The molecule has 0 spiro atoms. The fourth-order valence-corrected chi connectivity index (χ4v) is 1.38. The van der Waals surface area contributed by atoms with Crippen molar-refractivity contribution in [3.63, 3.8) is 0 Å². The Bertz CT molecular complexity index is 263. The normalized spacial score (nSPS) is 9.92. The van der Waals surface area contributed by atoms with Crippen molar-refractivity contribution in [1.82, 2.24) is 0 Å². The Morgan fingerprint density at radius 3 is 2.67 bits per heavy atom. The number of halogens is 1. The van der Waals surface area contributed by atoms with E-state index in [1.165, 1.54) is 0 Å². The van der Waals surface area contributed by atoms with Gasteiger partial charge in [-0.1, -0.05) is 11.6 Å². The zero-order valence-electron chi connectivity index (χ0n) is 7.23. The summed E-state index contributed by atoms with van der Waals surface area (Å²) < 4.78 is 5.34. The van der Waals surface area contributed by atoms with Crippen LogP contribution in [0.3, 0.4) is 0 Å². The van der Waals surface area contributed by atoms with Gasteiger partial charge in [0, 0.05) is 5.02 Å². The highest BCUT2D eigenvalue weighted by atomic mass is 35.5. The summed E-state index contributed by atoms with van der Waals surface area (Å²) in [4.78, 5) is 0. The molecular formula is C9H12ClNO. The highest BCUT2D eigenvalue weighted by Crippen LogP contribution is 2.29. The van der Waals surface area contributed by atoms with Crippen molar-refractivity contribution in [3.8, 4) is 5.75 Å². The molecule has 66 valence electrons. The van der Waals surface area contributed by atoms with Gasteiger partial charge in [0.15, 0.2) is 0 Å². The van der Waals surface area contributed by atoms with Crippen LogP contribution in [0.2, 0.25) is 5.02 Å². The fraction of sp³-hybridized carbons (Fsp3) is 0.333. The first-order chi connectivity index (χ1) is 5.65. The summed E-state index contributed by atoms with van der Waals surface area (Å²) in [5.74, 6) is 0.738. The number of hydrogen-bond donors (Lipinski definition) is 1. The fourth-order valence-electron chi connectivity index (χ4n) is 1.10. The maximum atomic E-state index is 5.79. The van der Waals surface area contributed by atoms with Gasteiger partial charge in [-0.05, 0) is 31.5 Å². The first-order valence-electron chi connectivity index (χ1n) is 3.83. The van der Waals surface area contributed by atoms with Crippen molar-refractivity contribution >= 4 is 17.3 Å². The number of hydrogen-bond acceptors (Lipinski definition) is 2. The van der Waals surface area contributed by atoms with E-state index in [4.69, 9.17) is 22.1 Å². The third-order valence-electron chi connectivity index (χ3n) is 1.56. The second kappa shape index (κ2) is 3.68. The van der Waals surface area contributed by atoms with E-state index in [-0.39, 0.29) is 0 Å². The van der Waals surface area contributed by atoms with Gasteiger partial charge >= 0.3 is 0 Å². The number of nitrogen functional groups attached to an aromatic ring is 1. The van der Waals surface area contributed by atoms with Crippen molar-refractivity contribution < 1.29 is 4.74 Å². The number of rotatable bonds is 2. The predicted molar refractivity (Wildman–Crippen MR) is 51.8 cm³/mol. The number of ether oxygens (including phenoxy) is 1. The van der Waals surface area contributed by atoms with Crippen molar-refractivity contribution in [2.45, 2.75) is 13.8 Å². The van der Waals surface area contributed by atoms with E-state index in [9.17, 15) is 0 Å². The van der Waals surface area contributed by atoms with E-state index < -0.39 is 0 Å². The predicted octanol–water partition coefficient (Wildman–Crippen LogP) is 2.63. The summed E-state index contributed by atoms with van der Waals surface area (Å²) in [6, 6.07) is 3.53. The van der Waals surface area contributed by atoms with Crippen LogP contribution in [0, 0.1) is 6.92 Å². The summed E-state index contributed by atoms with van der Waals surface area (Å²) in [6.07, 6.45) is 0. The van der Waals surface area contributed by atoms with Crippen LogP contribution in [0.1, 0.15) is 12.5 Å². The van der Waals surface area contributed by atoms with E-state index in [1.807, 2.05) is 19.9 Å². The lowest BCUT2D eigenvalue weighted by molar-refractivity contribution is 0.340. The molecule has 1 aromatic rings. The molecule has 1 rings (SSSR count). The molecule has 0 aliphatic rings. The lowest BCUT2D eigenvalue weighted by Gasteiger charge is -2.09. The lowest BCUT2D eigenvalue weighted by atomic mass is 10.2. The van der Waals surface area contributed by atoms with Crippen LogP contribution < -0.4 is 10.5 Å². The van der Waals surface area contributed by atoms with Crippen molar-refractivity contribution in [1.29, 1.82) is 0 Å². The third-order valence-corrected chi connectivity index (χ3v) is 1.78. The summed E-state index contributed by atoms with van der Waals surface area (Å²) >= 11 is 5.79. The maximum Gasteiger partial charge on any atom is 0.145 e. The molecule has 2 N–H and O–H groups in total. The van der Waals surface area contributed by atoms with Gasteiger partial charge in [0.25, 0.3) is 0 Å². The zero-order chi connectivity index (χ0) is 9.14. The van der Waals surface area contributed by atoms with Gasteiger partial charge < -0.3 is 10.5 Å². The van der Waals surface area contributed by atoms with E-state index in [1.54, 1.807) is 6.07 Å². The van der Waals surface area contributed by atoms with E-state index in [0.717, 1.165) is 11.3 Å². The van der Waals surface area contributed by atoms with Crippen LogP contribution in [-0.2, 0) is 0 Å². The highest BCUT2D eigenvalue weighted by molar-refractivity contribution is 6.31. The molecule has 0 atom stereocenters. The molecule has 0 unspecified atom stereocenters. The molecule has 0 amide bonds. The van der Waals surface area contributed by atoms with E-state index in [0.29, 0.717) is 17.3 Å². The molecule has 0 aliphatic carbocycles. The quantitative estimate of drug-likeness (QED) is 0.719. The lowest BCUT2D eigenvalue weighted by Crippen LogP contribution is -1.98. The van der Waals surface area contributed by atoms with Crippen molar-refractivity contribution in [3.05, 3.63) is 22.7 Å². The molecule has 1 aromatic carbocycles. The molecule has 0 bridgehead atoms. The molecule has 12 heavy (non-hydrogen) atoms. The van der Waals surface area contributed by atoms with Crippen molar-refractivity contribution in [2.75, 3.05) is 12.3 Å². The molecule has 0 heterocycles. The Morgan fingerprint density at radius 1 is 1.50 bits per heavy atom. The summed E-state index contributed by atoms with van der Waals surface area (Å²) in [7, 11) is 0. The molecular weight excluding hydrogens is 174 g/mol. The molecule has 0 radical (unpaired) electrons. The molecule has 0 saturated heterocycles. The second-order valence-corrected chi connectivity index (χ2v) is 3.01. The minimum atomic E-state index is 0.599. The van der Waals surface area contributed by atoms with Crippen LogP contribution in [0.5, 0.6) is 5.75 Å². The molecule has 3 heteroatoms. The van der Waals surface area contributed by atoms with Crippen LogP contribution in [0.15, 0.2) is 12.1 Å². The van der Waals surface area contributed by atoms with Gasteiger partial charge in [0.1, 0.15) is 5.75 Å². The third kappa shape index (κ3) is 1.83.